The van der Waals surface area contributed by atoms with Crippen LogP contribution in [0.15, 0.2) is 107 Å². The zero-order valence-electron chi connectivity index (χ0n) is 26.1. The number of rotatable bonds is 9. The second-order valence-electron chi connectivity index (χ2n) is 11.2. The van der Waals surface area contributed by atoms with Gasteiger partial charge in [-0.05, 0) is 46.5 Å². The highest BCUT2D eigenvalue weighted by Crippen LogP contribution is 2.46. The van der Waals surface area contributed by atoms with E-state index in [2.05, 4.69) is 0 Å². The standard InChI is InChI=1S/C38H30N4O6/c1-3-23-17-29(41(45)46)19-27(37(23)43)21-39-33-15-13-25-9-5-7-11-31(25)35(33)36-32-12-8-6-10-26(32)14-16-34(36)40-22-28-20-30(42(47)48)18-24(4-2)38(28)44/h5-22,43-44H,3-4H2,1-2H3. The quantitative estimate of drug-likeness (QED) is 0.0914. The molecule has 0 amide bonds. The maximum absolute atomic E-state index is 11.6. The van der Waals surface area contributed by atoms with Crippen molar-refractivity contribution in [2.45, 2.75) is 26.7 Å². The summed E-state index contributed by atoms with van der Waals surface area (Å²) in [5.41, 5.74) is 3.51. The highest BCUT2D eigenvalue weighted by atomic mass is 16.6. The number of hydrogen-bond acceptors (Lipinski definition) is 8. The Morgan fingerprint density at radius 3 is 1.38 bits per heavy atom. The summed E-state index contributed by atoms with van der Waals surface area (Å²) in [7, 11) is 0. The number of phenols is 2. The molecule has 0 radical (unpaired) electrons. The maximum atomic E-state index is 11.6. The minimum Gasteiger partial charge on any atom is -0.507 e. The maximum Gasteiger partial charge on any atom is 0.270 e. The molecule has 0 aliphatic carbocycles. The van der Waals surface area contributed by atoms with Crippen molar-refractivity contribution in [3.63, 3.8) is 0 Å². The molecule has 0 spiro atoms. The molecular formula is C38H30N4O6. The zero-order valence-corrected chi connectivity index (χ0v) is 26.1. The van der Waals surface area contributed by atoms with Crippen LogP contribution < -0.4 is 0 Å². The molecule has 0 aromatic heterocycles. The Hall–Kier alpha value is -6.42. The fraction of sp³-hybridized carbons (Fsp3) is 0.105. The van der Waals surface area contributed by atoms with Gasteiger partial charge in [0.05, 0.1) is 21.2 Å². The minimum absolute atomic E-state index is 0.0761. The lowest BCUT2D eigenvalue weighted by Gasteiger charge is -2.16. The van der Waals surface area contributed by atoms with E-state index in [-0.39, 0.29) is 34.0 Å². The summed E-state index contributed by atoms with van der Waals surface area (Å²) >= 11 is 0. The topological polar surface area (TPSA) is 151 Å². The lowest BCUT2D eigenvalue weighted by atomic mass is 9.91. The first kappa shape index (κ1) is 31.6. The molecule has 0 unspecified atom stereocenters. The van der Waals surface area contributed by atoms with E-state index >= 15 is 0 Å². The van der Waals surface area contributed by atoms with Crippen LogP contribution in [0.25, 0.3) is 32.7 Å². The Morgan fingerprint density at radius 2 is 1.00 bits per heavy atom. The first-order chi connectivity index (χ1) is 23.2. The van der Waals surface area contributed by atoms with E-state index < -0.39 is 9.85 Å². The van der Waals surface area contributed by atoms with Crippen LogP contribution in [0.4, 0.5) is 22.7 Å². The fourth-order valence-electron chi connectivity index (χ4n) is 5.89. The number of hydrogen-bond donors (Lipinski definition) is 2. The highest BCUT2D eigenvalue weighted by Gasteiger charge is 2.19. The summed E-state index contributed by atoms with van der Waals surface area (Å²) in [6.07, 6.45) is 3.65. The fourth-order valence-corrected chi connectivity index (χ4v) is 5.89. The Balaban J connectivity index is 1.61. The number of benzene rings is 6. The molecule has 238 valence electrons. The predicted octanol–water partition coefficient (Wildman–Crippen LogP) is 9.51. The van der Waals surface area contributed by atoms with Crippen molar-refractivity contribution in [1.82, 2.24) is 0 Å². The predicted molar refractivity (Wildman–Crippen MR) is 190 cm³/mol. The van der Waals surface area contributed by atoms with Crippen LogP contribution in [0.5, 0.6) is 11.5 Å². The molecule has 0 aliphatic heterocycles. The van der Waals surface area contributed by atoms with Gasteiger partial charge in [-0.25, -0.2) is 0 Å². The lowest BCUT2D eigenvalue weighted by molar-refractivity contribution is -0.385. The van der Waals surface area contributed by atoms with Crippen molar-refractivity contribution in [2.24, 2.45) is 9.98 Å². The summed E-state index contributed by atoms with van der Waals surface area (Å²) in [6, 6.07) is 28.5. The molecule has 6 aromatic carbocycles. The van der Waals surface area contributed by atoms with E-state index in [1.807, 2.05) is 72.8 Å². The van der Waals surface area contributed by atoms with E-state index in [9.17, 15) is 30.4 Å². The van der Waals surface area contributed by atoms with E-state index in [0.29, 0.717) is 35.3 Å². The molecule has 0 bridgehead atoms. The third kappa shape index (κ3) is 5.94. The van der Waals surface area contributed by atoms with Gasteiger partial charge < -0.3 is 10.2 Å². The average molecular weight is 639 g/mol. The number of phenolic OH excluding ortho intramolecular Hbond substituents is 2. The number of fused-ring (bicyclic) bond motifs is 2. The number of aromatic hydroxyl groups is 2. The largest absolute Gasteiger partial charge is 0.507 e. The third-order valence-electron chi connectivity index (χ3n) is 8.34. The number of aryl methyl sites for hydroxylation is 2. The van der Waals surface area contributed by atoms with Crippen LogP contribution in [-0.4, -0.2) is 32.5 Å². The lowest BCUT2D eigenvalue weighted by Crippen LogP contribution is -1.95. The molecule has 0 saturated carbocycles. The summed E-state index contributed by atoms with van der Waals surface area (Å²) < 4.78 is 0. The first-order valence-corrected chi connectivity index (χ1v) is 15.3. The van der Waals surface area contributed by atoms with Gasteiger partial charge in [0.25, 0.3) is 11.4 Å². The molecular weight excluding hydrogens is 608 g/mol. The molecule has 0 heterocycles. The van der Waals surface area contributed by atoms with Crippen LogP contribution in [0.1, 0.15) is 36.1 Å². The van der Waals surface area contributed by atoms with Gasteiger partial charge in [0, 0.05) is 70.1 Å². The van der Waals surface area contributed by atoms with Crippen LogP contribution in [0.2, 0.25) is 0 Å². The molecule has 48 heavy (non-hydrogen) atoms. The third-order valence-corrected chi connectivity index (χ3v) is 8.34. The SMILES string of the molecule is CCc1cc([N+](=O)[O-])cc(C=Nc2ccc3ccccc3c2-c2c(N=Cc3cc([N+](=O)[O-])cc(CC)c3O)ccc3ccccc23)c1O. The van der Waals surface area contributed by atoms with Crippen LogP contribution >= 0.6 is 0 Å². The van der Waals surface area contributed by atoms with Gasteiger partial charge in [0.1, 0.15) is 11.5 Å². The first-order valence-electron chi connectivity index (χ1n) is 15.3. The number of aliphatic imine (C=N–C) groups is 2. The number of nitrogens with zero attached hydrogens (tertiary/aromatic N) is 4. The summed E-state index contributed by atoms with van der Waals surface area (Å²) in [4.78, 5) is 31.9. The number of nitro benzene ring substituents is 2. The van der Waals surface area contributed by atoms with Crippen LogP contribution in [0.3, 0.4) is 0 Å². The van der Waals surface area contributed by atoms with Gasteiger partial charge in [-0.15, -0.1) is 0 Å². The zero-order chi connectivity index (χ0) is 33.9. The molecule has 0 fully saturated rings. The van der Waals surface area contributed by atoms with Gasteiger partial charge >= 0.3 is 0 Å². The van der Waals surface area contributed by atoms with Gasteiger partial charge in [0.2, 0.25) is 0 Å². The van der Waals surface area contributed by atoms with E-state index in [1.165, 1.54) is 36.7 Å². The van der Waals surface area contributed by atoms with Gasteiger partial charge in [-0.3, -0.25) is 30.2 Å². The Labute approximate surface area is 275 Å². The van der Waals surface area contributed by atoms with Crippen molar-refractivity contribution < 1.29 is 20.1 Å². The molecule has 10 heteroatoms. The smallest absolute Gasteiger partial charge is 0.270 e. The molecule has 6 rings (SSSR count). The van der Waals surface area contributed by atoms with Crippen molar-refractivity contribution >= 4 is 56.7 Å². The van der Waals surface area contributed by atoms with Gasteiger partial charge in [0.15, 0.2) is 0 Å². The van der Waals surface area contributed by atoms with Crippen molar-refractivity contribution in [1.29, 1.82) is 0 Å². The molecule has 2 N–H and O–H groups in total. The Morgan fingerprint density at radius 1 is 0.604 bits per heavy atom. The second-order valence-corrected chi connectivity index (χ2v) is 11.2. The van der Waals surface area contributed by atoms with E-state index in [0.717, 1.165) is 32.7 Å². The van der Waals surface area contributed by atoms with Gasteiger partial charge in [-0.1, -0.05) is 74.5 Å². The number of nitro groups is 2. The molecule has 6 aromatic rings. The Kier molecular flexibility index (Phi) is 8.63. The van der Waals surface area contributed by atoms with Crippen molar-refractivity contribution in [2.75, 3.05) is 0 Å². The molecule has 0 aliphatic rings. The summed E-state index contributed by atoms with van der Waals surface area (Å²) in [5.74, 6) is -0.152. The summed E-state index contributed by atoms with van der Waals surface area (Å²) in [6.45, 7) is 3.61. The van der Waals surface area contributed by atoms with E-state index in [4.69, 9.17) is 9.98 Å². The normalized spacial score (nSPS) is 11.6. The second kappa shape index (κ2) is 13.1. The minimum atomic E-state index is -0.500. The summed E-state index contributed by atoms with van der Waals surface area (Å²) in [5, 5.41) is 48.7. The van der Waals surface area contributed by atoms with Crippen molar-refractivity contribution in [3.8, 4) is 22.6 Å². The molecule has 10 nitrogen and oxygen atoms in total. The number of non-ortho nitro benzene ring substituents is 2. The van der Waals surface area contributed by atoms with Gasteiger partial charge in [-0.2, -0.15) is 0 Å². The van der Waals surface area contributed by atoms with Crippen molar-refractivity contribution in [3.05, 3.63) is 140 Å². The monoisotopic (exact) mass is 638 g/mol. The molecule has 0 atom stereocenters. The Bertz CT molecular complexity index is 2150. The highest BCUT2D eigenvalue weighted by molar-refractivity contribution is 6.13. The average Bonchev–Trinajstić information content (AvgIpc) is 3.10. The van der Waals surface area contributed by atoms with Crippen LogP contribution in [-0.2, 0) is 12.8 Å². The molecule has 0 saturated heterocycles. The van der Waals surface area contributed by atoms with E-state index in [1.54, 1.807) is 13.8 Å². The van der Waals surface area contributed by atoms with Crippen LogP contribution in [0, 0.1) is 20.2 Å².